The second kappa shape index (κ2) is 8.29. The first-order valence-electron chi connectivity index (χ1n) is 7.79. The number of benzene rings is 1. The number of hydrogen-bond donors (Lipinski definition) is 1. The van der Waals surface area contributed by atoms with Crippen LogP contribution in [0.5, 0.6) is 5.75 Å². The summed E-state index contributed by atoms with van der Waals surface area (Å²) in [6, 6.07) is 3.06. The molecule has 0 aromatic heterocycles. The van der Waals surface area contributed by atoms with E-state index in [0.717, 1.165) is 0 Å². The summed E-state index contributed by atoms with van der Waals surface area (Å²) in [6.45, 7) is -0.940. The number of ether oxygens (including phenoxy) is 1. The average molecular weight is 397 g/mol. The fourth-order valence-electron chi connectivity index (χ4n) is 2.71. The van der Waals surface area contributed by atoms with Gasteiger partial charge in [-0.3, -0.25) is 4.79 Å². The lowest BCUT2D eigenvalue weighted by Gasteiger charge is -2.23. The largest absolute Gasteiger partial charge is 0.433 e. The molecule has 1 atom stereocenters. The van der Waals surface area contributed by atoms with Gasteiger partial charge in [-0.1, -0.05) is 18.5 Å². The first kappa shape index (κ1) is 19.9. The number of hydrogen-bond acceptors (Lipinski definition) is 4. The van der Waals surface area contributed by atoms with Crippen LogP contribution in [0, 0.1) is 0 Å². The van der Waals surface area contributed by atoms with Crippen LogP contribution in [0.3, 0.4) is 0 Å². The van der Waals surface area contributed by atoms with Gasteiger partial charge in [-0.05, 0) is 37.5 Å². The van der Waals surface area contributed by atoms with E-state index in [1.807, 2.05) is 0 Å². The van der Waals surface area contributed by atoms with Crippen molar-refractivity contribution < 1.29 is 26.7 Å². The van der Waals surface area contributed by atoms with E-state index in [1.54, 1.807) is 6.92 Å². The maximum Gasteiger partial charge on any atom is 0.387 e. The lowest BCUT2D eigenvalue weighted by atomic mass is 10.2. The minimum atomic E-state index is -3.48. The minimum absolute atomic E-state index is 0.0116. The maximum atomic E-state index is 12.4. The molecule has 0 saturated carbocycles. The predicted molar refractivity (Wildman–Crippen MR) is 90.5 cm³/mol. The van der Waals surface area contributed by atoms with Gasteiger partial charge in [0.25, 0.3) is 0 Å². The van der Waals surface area contributed by atoms with Crippen LogP contribution in [-0.4, -0.2) is 43.6 Å². The van der Waals surface area contributed by atoms with E-state index in [0.29, 0.717) is 25.8 Å². The molecule has 0 aliphatic carbocycles. The summed E-state index contributed by atoms with van der Waals surface area (Å²) >= 11 is 5.84. The zero-order valence-electron chi connectivity index (χ0n) is 13.5. The third kappa shape index (κ3) is 5.02. The van der Waals surface area contributed by atoms with Crippen molar-refractivity contribution in [3.8, 4) is 5.75 Å². The molecule has 10 heteroatoms. The first-order valence-corrected chi connectivity index (χ1v) is 9.78. The monoisotopic (exact) mass is 396 g/mol. The summed E-state index contributed by atoms with van der Waals surface area (Å²) in [5, 5.41) is 2.49. The second-order valence-corrected chi connectivity index (χ2v) is 8.05. The summed E-state index contributed by atoms with van der Waals surface area (Å²) < 4.78 is 54.4. The van der Waals surface area contributed by atoms with Crippen LogP contribution in [0.1, 0.15) is 26.2 Å². The van der Waals surface area contributed by atoms with E-state index in [-0.39, 0.29) is 22.2 Å². The maximum absolute atomic E-state index is 12.4. The molecular formula is C15H19ClF2N2O4S. The molecule has 1 aliphatic rings. The summed E-state index contributed by atoms with van der Waals surface area (Å²) in [4.78, 5) is 12.4. The molecule has 1 fully saturated rings. The van der Waals surface area contributed by atoms with Gasteiger partial charge in [0.2, 0.25) is 15.9 Å². The van der Waals surface area contributed by atoms with Crippen LogP contribution in [0.25, 0.3) is 0 Å². The van der Waals surface area contributed by atoms with E-state index in [1.165, 1.54) is 22.5 Å². The molecule has 0 radical (unpaired) electrons. The number of nitrogens with zero attached hydrogens (tertiary/aromatic N) is 1. The van der Waals surface area contributed by atoms with Gasteiger partial charge in [0, 0.05) is 12.2 Å². The van der Waals surface area contributed by atoms with E-state index < -0.39 is 28.6 Å². The highest BCUT2D eigenvalue weighted by Crippen LogP contribution is 2.30. The van der Waals surface area contributed by atoms with E-state index >= 15 is 0 Å². The van der Waals surface area contributed by atoms with E-state index in [9.17, 15) is 22.0 Å². The van der Waals surface area contributed by atoms with Gasteiger partial charge in [-0.15, -0.1) is 0 Å². The summed E-state index contributed by atoms with van der Waals surface area (Å²) in [7, 11) is -3.48. The highest BCUT2D eigenvalue weighted by Gasteiger charge is 2.38. The van der Waals surface area contributed by atoms with Crippen molar-refractivity contribution in [1.29, 1.82) is 0 Å². The van der Waals surface area contributed by atoms with Gasteiger partial charge < -0.3 is 10.1 Å². The molecule has 1 amide bonds. The molecule has 1 aliphatic heterocycles. The van der Waals surface area contributed by atoms with Crippen molar-refractivity contribution in [3.05, 3.63) is 23.2 Å². The summed E-state index contributed by atoms with van der Waals surface area (Å²) in [6.07, 6.45) is 1.49. The highest BCUT2D eigenvalue weighted by molar-refractivity contribution is 7.89. The van der Waals surface area contributed by atoms with Crippen molar-refractivity contribution in [3.63, 3.8) is 0 Å². The Morgan fingerprint density at radius 1 is 1.48 bits per heavy atom. The van der Waals surface area contributed by atoms with Crippen molar-refractivity contribution in [2.45, 2.75) is 38.8 Å². The van der Waals surface area contributed by atoms with Crippen LogP contribution in [0.2, 0.25) is 5.02 Å². The molecule has 1 heterocycles. The molecular weight excluding hydrogens is 378 g/mol. The third-order valence-electron chi connectivity index (χ3n) is 3.74. The normalized spacial score (nSPS) is 18.5. The van der Waals surface area contributed by atoms with Gasteiger partial charge in [-0.25, -0.2) is 8.42 Å². The fourth-order valence-corrected chi connectivity index (χ4v) is 4.68. The molecule has 1 aromatic carbocycles. The predicted octanol–water partition coefficient (Wildman–Crippen LogP) is 3.08. The smallest absolute Gasteiger partial charge is 0.387 e. The topological polar surface area (TPSA) is 75.7 Å². The number of amides is 1. The molecule has 2 rings (SSSR count). The Hall–Kier alpha value is -1.45. The number of anilines is 1. The Morgan fingerprint density at radius 2 is 2.20 bits per heavy atom. The molecule has 1 unspecified atom stereocenters. The van der Waals surface area contributed by atoms with Crippen LogP contribution in [-0.2, 0) is 14.8 Å². The standard InChI is InChI=1S/C15H19ClF2N2O4S/c1-2-8-25(22,23)20-7-3-4-12(20)14(21)19-10-5-6-13(11(16)9-10)24-15(17)18/h5-6,9,12,15H,2-4,7-8H2,1H3,(H,19,21). The molecule has 0 bridgehead atoms. The number of rotatable bonds is 7. The zero-order chi connectivity index (χ0) is 18.6. The molecule has 0 spiro atoms. The Morgan fingerprint density at radius 3 is 2.80 bits per heavy atom. The van der Waals surface area contributed by atoms with Crippen molar-refractivity contribution in [2.75, 3.05) is 17.6 Å². The molecule has 25 heavy (non-hydrogen) atoms. The number of halogens is 3. The number of sulfonamides is 1. The van der Waals surface area contributed by atoms with Crippen LogP contribution in [0.4, 0.5) is 14.5 Å². The summed E-state index contributed by atoms with van der Waals surface area (Å²) in [5.74, 6) is -0.694. The zero-order valence-corrected chi connectivity index (χ0v) is 15.1. The second-order valence-electron chi connectivity index (χ2n) is 5.60. The van der Waals surface area contributed by atoms with Gasteiger partial charge in [0.1, 0.15) is 11.8 Å². The first-order chi connectivity index (χ1) is 11.7. The van der Waals surface area contributed by atoms with Gasteiger partial charge in [0.05, 0.1) is 10.8 Å². The Kier molecular flexibility index (Phi) is 6.59. The Bertz CT molecular complexity index is 730. The fraction of sp³-hybridized carbons (Fsp3) is 0.533. The SMILES string of the molecule is CCCS(=O)(=O)N1CCCC1C(=O)Nc1ccc(OC(F)F)c(Cl)c1. The van der Waals surface area contributed by atoms with Gasteiger partial charge in [-0.2, -0.15) is 13.1 Å². The van der Waals surface area contributed by atoms with E-state index in [2.05, 4.69) is 10.1 Å². The number of nitrogens with one attached hydrogen (secondary N) is 1. The quantitative estimate of drug-likeness (QED) is 0.768. The molecule has 1 N–H and O–H groups in total. The average Bonchev–Trinajstić information content (AvgIpc) is 3.00. The number of alkyl halides is 2. The molecule has 140 valence electrons. The van der Waals surface area contributed by atoms with Crippen LogP contribution < -0.4 is 10.1 Å². The lowest BCUT2D eigenvalue weighted by Crippen LogP contribution is -2.44. The van der Waals surface area contributed by atoms with Gasteiger partial charge >= 0.3 is 6.61 Å². The highest BCUT2D eigenvalue weighted by atomic mass is 35.5. The molecule has 1 saturated heterocycles. The van der Waals surface area contributed by atoms with Crippen LogP contribution >= 0.6 is 11.6 Å². The Labute approximate surface area is 150 Å². The van der Waals surface area contributed by atoms with Crippen molar-refractivity contribution in [1.82, 2.24) is 4.31 Å². The van der Waals surface area contributed by atoms with Crippen molar-refractivity contribution in [2.24, 2.45) is 0 Å². The number of carbonyl (C=O) groups excluding carboxylic acids is 1. The molecule has 1 aromatic rings. The summed E-state index contributed by atoms with van der Waals surface area (Å²) in [5.41, 5.74) is 0.274. The van der Waals surface area contributed by atoms with Crippen molar-refractivity contribution >= 4 is 33.2 Å². The van der Waals surface area contributed by atoms with Gasteiger partial charge in [0.15, 0.2) is 0 Å². The van der Waals surface area contributed by atoms with Crippen LogP contribution in [0.15, 0.2) is 18.2 Å². The lowest BCUT2D eigenvalue weighted by molar-refractivity contribution is -0.119. The Balaban J connectivity index is 2.10. The molecule has 6 nitrogen and oxygen atoms in total. The minimum Gasteiger partial charge on any atom is -0.433 e. The third-order valence-corrected chi connectivity index (χ3v) is 6.11. The number of carbonyl (C=O) groups is 1. The van der Waals surface area contributed by atoms with E-state index in [4.69, 9.17) is 11.6 Å².